The van der Waals surface area contributed by atoms with E-state index in [4.69, 9.17) is 0 Å². The fourth-order valence-electron chi connectivity index (χ4n) is 3.97. The van der Waals surface area contributed by atoms with Gasteiger partial charge in [0.2, 0.25) is 0 Å². The van der Waals surface area contributed by atoms with Crippen LogP contribution in [0.5, 0.6) is 0 Å². The van der Waals surface area contributed by atoms with Crippen LogP contribution in [0.15, 0.2) is 10.9 Å². The lowest BCUT2D eigenvalue weighted by atomic mass is 9.75. The van der Waals surface area contributed by atoms with Crippen molar-refractivity contribution < 1.29 is 9.59 Å². The molecule has 5 heteroatoms. The number of Topliss-reactive ketones (excluding diaryl/α,β-unsaturated/α-hetero) is 1. The molecule has 2 atom stereocenters. The van der Waals surface area contributed by atoms with Crippen molar-refractivity contribution in [1.82, 2.24) is 10.3 Å². The van der Waals surface area contributed by atoms with E-state index in [0.29, 0.717) is 30.0 Å². The number of rotatable bonds is 2. The van der Waals surface area contributed by atoms with Crippen molar-refractivity contribution in [1.29, 1.82) is 0 Å². The normalized spacial score (nSPS) is 25.9. The van der Waals surface area contributed by atoms with Gasteiger partial charge in [0.05, 0.1) is 0 Å². The van der Waals surface area contributed by atoms with Gasteiger partial charge in [-0.2, -0.15) is 0 Å². The predicted molar refractivity (Wildman–Crippen MR) is 92.4 cm³/mol. The molecule has 1 aromatic rings. The van der Waals surface area contributed by atoms with E-state index in [9.17, 15) is 14.4 Å². The van der Waals surface area contributed by atoms with Gasteiger partial charge in [-0.15, -0.1) is 0 Å². The van der Waals surface area contributed by atoms with E-state index in [1.807, 2.05) is 13.8 Å². The van der Waals surface area contributed by atoms with Crippen LogP contribution < -0.4 is 10.9 Å². The number of nitrogens with one attached hydrogen (secondary N) is 2. The Morgan fingerprint density at radius 1 is 1.21 bits per heavy atom. The predicted octanol–water partition coefficient (Wildman–Crippen LogP) is 2.84. The molecule has 0 radical (unpaired) electrons. The molecule has 3 rings (SSSR count). The Kier molecular flexibility index (Phi) is 4.37. The minimum absolute atomic E-state index is 0.00224. The summed E-state index contributed by atoms with van der Waals surface area (Å²) in [6.07, 6.45) is 5.42. The second-order valence-corrected chi connectivity index (χ2v) is 8.19. The number of carbonyl (C=O) groups excluding carboxylic acids is 2. The average Bonchev–Trinajstić information content (AvgIpc) is 2.47. The summed E-state index contributed by atoms with van der Waals surface area (Å²) < 4.78 is 0. The van der Waals surface area contributed by atoms with Crippen molar-refractivity contribution in [2.75, 3.05) is 0 Å². The fraction of sp³-hybridized carbons (Fsp3) is 0.632. The lowest BCUT2D eigenvalue weighted by Gasteiger charge is -2.30. The maximum Gasteiger partial charge on any atom is 0.261 e. The first kappa shape index (κ1) is 16.9. The zero-order valence-electron chi connectivity index (χ0n) is 14.7. The standard InChI is InChI=1S/C19H26N2O3/c1-11-6-4-5-7-14(11)20-17(23)13-8-12-15(21-18(13)24)9-19(2,3)10-16(12)22/h8,11,14H,4-7,9-10H2,1-3H3,(H,20,23)(H,21,24)/t11-,14-/m0/s1. The number of fused-ring (bicyclic) bond motifs is 1. The van der Waals surface area contributed by atoms with Crippen LogP contribution in [0.1, 0.15) is 79.3 Å². The summed E-state index contributed by atoms with van der Waals surface area (Å²) >= 11 is 0. The average molecular weight is 330 g/mol. The number of aromatic nitrogens is 1. The minimum Gasteiger partial charge on any atom is -0.349 e. The number of ketones is 1. The van der Waals surface area contributed by atoms with Crippen LogP contribution >= 0.6 is 0 Å². The number of carbonyl (C=O) groups is 2. The van der Waals surface area contributed by atoms with Gasteiger partial charge in [0.1, 0.15) is 5.56 Å². The van der Waals surface area contributed by atoms with Gasteiger partial charge in [-0.1, -0.05) is 33.6 Å². The monoisotopic (exact) mass is 330 g/mol. The third kappa shape index (κ3) is 3.30. The first-order chi connectivity index (χ1) is 11.3. The number of hydrogen-bond acceptors (Lipinski definition) is 3. The van der Waals surface area contributed by atoms with E-state index in [1.165, 1.54) is 12.5 Å². The Morgan fingerprint density at radius 2 is 1.92 bits per heavy atom. The summed E-state index contributed by atoms with van der Waals surface area (Å²) in [6, 6.07) is 1.60. The van der Waals surface area contributed by atoms with Crippen molar-refractivity contribution in [2.24, 2.45) is 11.3 Å². The minimum atomic E-state index is -0.403. The van der Waals surface area contributed by atoms with Crippen LogP contribution in [0.3, 0.4) is 0 Å². The fourth-order valence-corrected chi connectivity index (χ4v) is 3.97. The van der Waals surface area contributed by atoms with Gasteiger partial charge in [-0.25, -0.2) is 0 Å². The molecule has 0 saturated heterocycles. The molecule has 0 spiro atoms. The van der Waals surface area contributed by atoms with Crippen LogP contribution in [0.25, 0.3) is 0 Å². The number of amides is 1. The smallest absolute Gasteiger partial charge is 0.261 e. The van der Waals surface area contributed by atoms with E-state index in [-0.39, 0.29) is 28.7 Å². The molecule has 2 N–H and O–H groups in total. The number of H-pyrrole nitrogens is 1. The Bertz CT molecular complexity index is 733. The lowest BCUT2D eigenvalue weighted by molar-refractivity contribution is 0.0907. The molecule has 1 fully saturated rings. The quantitative estimate of drug-likeness (QED) is 0.875. The molecule has 1 saturated carbocycles. The topological polar surface area (TPSA) is 79.0 Å². The lowest BCUT2D eigenvalue weighted by Crippen LogP contribution is -2.43. The highest BCUT2D eigenvalue weighted by Gasteiger charge is 2.33. The highest BCUT2D eigenvalue weighted by atomic mass is 16.2. The largest absolute Gasteiger partial charge is 0.349 e. The van der Waals surface area contributed by atoms with Crippen LogP contribution in [0.4, 0.5) is 0 Å². The molecule has 0 aliphatic heterocycles. The molecule has 5 nitrogen and oxygen atoms in total. The molecular weight excluding hydrogens is 304 g/mol. The highest BCUT2D eigenvalue weighted by Crippen LogP contribution is 2.33. The van der Waals surface area contributed by atoms with E-state index < -0.39 is 5.56 Å². The van der Waals surface area contributed by atoms with Gasteiger partial charge in [-0.05, 0) is 36.7 Å². The van der Waals surface area contributed by atoms with Crippen LogP contribution in [0.2, 0.25) is 0 Å². The van der Waals surface area contributed by atoms with Crippen molar-refractivity contribution in [3.8, 4) is 0 Å². The van der Waals surface area contributed by atoms with Gasteiger partial charge < -0.3 is 10.3 Å². The van der Waals surface area contributed by atoms with Gasteiger partial charge >= 0.3 is 0 Å². The van der Waals surface area contributed by atoms with E-state index in [0.717, 1.165) is 19.3 Å². The molecule has 1 heterocycles. The molecule has 2 aliphatic rings. The molecule has 1 amide bonds. The Morgan fingerprint density at radius 3 is 2.62 bits per heavy atom. The highest BCUT2D eigenvalue weighted by molar-refractivity contribution is 6.02. The van der Waals surface area contributed by atoms with Crippen molar-refractivity contribution in [3.63, 3.8) is 0 Å². The molecule has 130 valence electrons. The van der Waals surface area contributed by atoms with E-state index >= 15 is 0 Å². The summed E-state index contributed by atoms with van der Waals surface area (Å²) in [5, 5.41) is 2.99. The van der Waals surface area contributed by atoms with Gasteiger partial charge in [0, 0.05) is 23.7 Å². The molecular formula is C19H26N2O3. The summed E-state index contributed by atoms with van der Waals surface area (Å²) in [4.78, 5) is 40.1. The molecule has 2 aliphatic carbocycles. The number of aromatic amines is 1. The third-order valence-electron chi connectivity index (χ3n) is 5.39. The van der Waals surface area contributed by atoms with Gasteiger partial charge in [0.15, 0.2) is 5.78 Å². The number of pyridine rings is 1. The van der Waals surface area contributed by atoms with Crippen LogP contribution in [0, 0.1) is 11.3 Å². The molecule has 0 unspecified atom stereocenters. The Balaban J connectivity index is 1.87. The summed E-state index contributed by atoms with van der Waals surface area (Å²) in [5.74, 6) is 0.0508. The first-order valence-electron chi connectivity index (χ1n) is 8.87. The SMILES string of the molecule is C[C@H]1CCCC[C@@H]1NC(=O)c1cc2c([nH]c1=O)CC(C)(C)CC2=O. The Labute approximate surface area is 142 Å². The van der Waals surface area contributed by atoms with Gasteiger partial charge in [-0.3, -0.25) is 14.4 Å². The third-order valence-corrected chi connectivity index (χ3v) is 5.39. The molecule has 0 bridgehead atoms. The van der Waals surface area contributed by atoms with Crippen molar-refractivity contribution in [2.45, 2.75) is 65.3 Å². The van der Waals surface area contributed by atoms with Crippen molar-refractivity contribution in [3.05, 3.63) is 33.2 Å². The van der Waals surface area contributed by atoms with Crippen molar-refractivity contribution >= 4 is 11.7 Å². The summed E-state index contributed by atoms with van der Waals surface area (Å²) in [5.41, 5.74) is 0.647. The second kappa shape index (κ2) is 6.19. The van der Waals surface area contributed by atoms with Crippen LogP contribution in [-0.2, 0) is 6.42 Å². The first-order valence-corrected chi connectivity index (χ1v) is 8.87. The van der Waals surface area contributed by atoms with E-state index in [2.05, 4.69) is 17.2 Å². The maximum atomic E-state index is 12.6. The molecule has 0 aromatic carbocycles. The maximum absolute atomic E-state index is 12.6. The molecule has 1 aromatic heterocycles. The van der Waals surface area contributed by atoms with Crippen LogP contribution in [-0.4, -0.2) is 22.7 Å². The molecule has 24 heavy (non-hydrogen) atoms. The van der Waals surface area contributed by atoms with E-state index in [1.54, 1.807) is 0 Å². The zero-order chi connectivity index (χ0) is 17.5. The number of hydrogen-bond donors (Lipinski definition) is 2. The van der Waals surface area contributed by atoms with Gasteiger partial charge in [0.25, 0.3) is 11.5 Å². The Hall–Kier alpha value is -1.91. The zero-order valence-corrected chi connectivity index (χ0v) is 14.7. The summed E-state index contributed by atoms with van der Waals surface area (Å²) in [6.45, 7) is 6.15. The summed E-state index contributed by atoms with van der Waals surface area (Å²) in [7, 11) is 0. The second-order valence-electron chi connectivity index (χ2n) is 8.19.